The highest BCUT2D eigenvalue weighted by Crippen LogP contribution is 2.32. The molecule has 2 N–H and O–H groups in total. The third-order valence-electron chi connectivity index (χ3n) is 4.34. The van der Waals surface area contributed by atoms with Gasteiger partial charge in [-0.3, -0.25) is 5.32 Å². The van der Waals surface area contributed by atoms with Crippen molar-refractivity contribution < 1.29 is 13.9 Å². The van der Waals surface area contributed by atoms with Crippen LogP contribution in [0.3, 0.4) is 0 Å². The average molecular weight is 357 g/mol. The molecule has 6 nitrogen and oxygen atoms in total. The number of hydrogen-bond donors (Lipinski definition) is 2. The Kier molecular flexibility index (Phi) is 4.67. The number of furan rings is 1. The van der Waals surface area contributed by atoms with Crippen LogP contribution in [0.2, 0.25) is 0 Å². The minimum absolute atomic E-state index is 0.250. The van der Waals surface area contributed by atoms with Crippen molar-refractivity contribution in [2.75, 3.05) is 18.5 Å². The molecule has 4 rings (SSSR count). The summed E-state index contributed by atoms with van der Waals surface area (Å²) in [6.07, 6.45) is 5.56. The van der Waals surface area contributed by atoms with E-state index in [4.69, 9.17) is 9.15 Å². The average Bonchev–Trinajstić information content (AvgIpc) is 3.29. The van der Waals surface area contributed by atoms with Crippen LogP contribution in [0.25, 0.3) is 11.0 Å². The number of urea groups is 1. The fraction of sp³-hybridized carbons (Fsp3) is 0.333. The van der Waals surface area contributed by atoms with Crippen LogP contribution in [0.4, 0.5) is 9.93 Å². The second kappa shape index (κ2) is 7.25. The van der Waals surface area contributed by atoms with E-state index >= 15 is 0 Å². The number of carbonyl (C=O) groups is 1. The zero-order valence-electron chi connectivity index (χ0n) is 13.7. The van der Waals surface area contributed by atoms with Crippen molar-refractivity contribution in [3.63, 3.8) is 0 Å². The molecule has 3 aromatic rings. The van der Waals surface area contributed by atoms with E-state index in [1.807, 2.05) is 30.5 Å². The number of thiazole rings is 1. The number of nitrogens with one attached hydrogen (secondary N) is 2. The summed E-state index contributed by atoms with van der Waals surface area (Å²) in [6.45, 7) is 2.05. The molecule has 1 aliphatic rings. The predicted octanol–water partition coefficient (Wildman–Crippen LogP) is 4.11. The van der Waals surface area contributed by atoms with Gasteiger partial charge < -0.3 is 14.5 Å². The Balaban J connectivity index is 1.31. The highest BCUT2D eigenvalue weighted by Gasteiger charge is 2.18. The van der Waals surface area contributed by atoms with Gasteiger partial charge in [0.1, 0.15) is 5.58 Å². The standard InChI is InChI=1S/C18H19N3O3S/c22-17(19-10-12-1-2-15-14(9-12)5-8-24-15)21-18-20-11-16(25-18)13-3-6-23-7-4-13/h1-2,5,8-9,11,13H,3-4,6-7,10H2,(H2,19,20,21,22). The number of anilines is 1. The molecule has 0 saturated carbocycles. The second-order valence-corrected chi connectivity index (χ2v) is 7.12. The molecule has 7 heteroatoms. The van der Waals surface area contributed by atoms with Crippen LogP contribution in [-0.4, -0.2) is 24.2 Å². The van der Waals surface area contributed by atoms with E-state index in [1.54, 1.807) is 17.6 Å². The molecule has 1 saturated heterocycles. The SMILES string of the molecule is O=C(NCc1ccc2occc2c1)Nc1ncc(C2CCOCC2)s1. The van der Waals surface area contributed by atoms with Crippen molar-refractivity contribution in [2.45, 2.75) is 25.3 Å². The molecule has 25 heavy (non-hydrogen) atoms. The number of carbonyl (C=O) groups excluding carboxylic acids is 1. The Morgan fingerprint density at radius 2 is 2.16 bits per heavy atom. The van der Waals surface area contributed by atoms with Crippen molar-refractivity contribution >= 4 is 33.5 Å². The molecule has 130 valence electrons. The fourth-order valence-corrected chi connectivity index (χ4v) is 3.95. The number of hydrogen-bond acceptors (Lipinski definition) is 5. The summed E-state index contributed by atoms with van der Waals surface area (Å²) in [4.78, 5) is 17.6. The van der Waals surface area contributed by atoms with Gasteiger partial charge in [-0.25, -0.2) is 9.78 Å². The summed E-state index contributed by atoms with van der Waals surface area (Å²) in [5, 5.41) is 7.33. The first-order valence-corrected chi connectivity index (χ1v) is 9.14. The van der Waals surface area contributed by atoms with E-state index in [9.17, 15) is 4.79 Å². The Labute approximate surface area is 149 Å². The zero-order valence-corrected chi connectivity index (χ0v) is 14.5. The van der Waals surface area contributed by atoms with E-state index < -0.39 is 0 Å². The van der Waals surface area contributed by atoms with E-state index in [0.717, 1.165) is 42.6 Å². The number of fused-ring (bicyclic) bond motifs is 1. The van der Waals surface area contributed by atoms with Gasteiger partial charge in [-0.05, 0) is 42.5 Å². The molecule has 1 fully saturated rings. The molecule has 0 radical (unpaired) electrons. The van der Waals surface area contributed by atoms with Crippen molar-refractivity contribution in [2.24, 2.45) is 0 Å². The Morgan fingerprint density at radius 1 is 1.28 bits per heavy atom. The first-order valence-electron chi connectivity index (χ1n) is 8.32. The molecule has 0 unspecified atom stereocenters. The molecule has 1 aromatic carbocycles. The topological polar surface area (TPSA) is 76.4 Å². The van der Waals surface area contributed by atoms with Crippen LogP contribution in [0, 0.1) is 0 Å². The minimum atomic E-state index is -0.250. The second-order valence-electron chi connectivity index (χ2n) is 6.05. The maximum Gasteiger partial charge on any atom is 0.321 e. The third-order valence-corrected chi connectivity index (χ3v) is 5.41. The highest BCUT2D eigenvalue weighted by atomic mass is 32.1. The van der Waals surface area contributed by atoms with Crippen LogP contribution in [0.15, 0.2) is 41.1 Å². The monoisotopic (exact) mass is 357 g/mol. The lowest BCUT2D eigenvalue weighted by Gasteiger charge is -2.20. The Hall–Kier alpha value is -2.38. The van der Waals surface area contributed by atoms with Crippen LogP contribution in [0.1, 0.15) is 29.2 Å². The van der Waals surface area contributed by atoms with E-state index in [2.05, 4.69) is 15.6 Å². The van der Waals surface area contributed by atoms with Crippen molar-refractivity contribution in [1.29, 1.82) is 0 Å². The third kappa shape index (κ3) is 3.83. The van der Waals surface area contributed by atoms with Crippen LogP contribution in [-0.2, 0) is 11.3 Å². The lowest BCUT2D eigenvalue weighted by atomic mass is 9.99. The summed E-state index contributed by atoms with van der Waals surface area (Å²) in [5.74, 6) is 0.492. The van der Waals surface area contributed by atoms with Crippen LogP contribution < -0.4 is 10.6 Å². The van der Waals surface area contributed by atoms with Gasteiger partial charge in [0.15, 0.2) is 5.13 Å². The molecule has 0 bridgehead atoms. The van der Waals surface area contributed by atoms with Crippen molar-refractivity contribution in [1.82, 2.24) is 10.3 Å². The molecule has 0 spiro atoms. The number of amides is 2. The number of aromatic nitrogens is 1. The van der Waals surface area contributed by atoms with Gasteiger partial charge in [0.05, 0.1) is 6.26 Å². The minimum Gasteiger partial charge on any atom is -0.464 e. The molecule has 2 amide bonds. The summed E-state index contributed by atoms with van der Waals surface area (Å²) >= 11 is 1.54. The zero-order chi connectivity index (χ0) is 17.1. The van der Waals surface area contributed by atoms with Crippen molar-refractivity contribution in [3.05, 3.63) is 47.2 Å². The van der Waals surface area contributed by atoms with Gasteiger partial charge in [0.2, 0.25) is 0 Å². The first kappa shape index (κ1) is 16.1. The van der Waals surface area contributed by atoms with E-state index in [1.165, 1.54) is 4.88 Å². The largest absolute Gasteiger partial charge is 0.464 e. The van der Waals surface area contributed by atoms with E-state index in [-0.39, 0.29) is 6.03 Å². The number of nitrogens with zero attached hydrogens (tertiary/aromatic N) is 1. The summed E-state index contributed by atoms with van der Waals surface area (Å²) in [5.41, 5.74) is 1.86. The molecule has 1 aliphatic heterocycles. The molecule has 2 aromatic heterocycles. The summed E-state index contributed by atoms with van der Waals surface area (Å²) in [7, 11) is 0. The highest BCUT2D eigenvalue weighted by molar-refractivity contribution is 7.15. The summed E-state index contributed by atoms with van der Waals surface area (Å²) < 4.78 is 10.7. The molecule has 0 aliphatic carbocycles. The normalized spacial score (nSPS) is 15.4. The molecule has 0 atom stereocenters. The fourth-order valence-electron chi connectivity index (χ4n) is 2.96. The van der Waals surface area contributed by atoms with Crippen LogP contribution >= 0.6 is 11.3 Å². The van der Waals surface area contributed by atoms with Gasteiger partial charge in [-0.15, -0.1) is 11.3 Å². The van der Waals surface area contributed by atoms with E-state index in [0.29, 0.717) is 17.6 Å². The van der Waals surface area contributed by atoms with Crippen LogP contribution in [0.5, 0.6) is 0 Å². The molecular formula is C18H19N3O3S. The Bertz CT molecular complexity index is 867. The first-order chi connectivity index (χ1) is 12.3. The van der Waals surface area contributed by atoms with Gasteiger partial charge in [-0.1, -0.05) is 6.07 Å². The van der Waals surface area contributed by atoms with Gasteiger partial charge >= 0.3 is 6.03 Å². The number of rotatable bonds is 4. The maximum atomic E-state index is 12.1. The molecule has 3 heterocycles. The Morgan fingerprint density at radius 3 is 3.04 bits per heavy atom. The van der Waals surface area contributed by atoms with Gasteiger partial charge in [-0.2, -0.15) is 0 Å². The van der Waals surface area contributed by atoms with Gasteiger partial charge in [0.25, 0.3) is 0 Å². The lowest BCUT2D eigenvalue weighted by molar-refractivity contribution is 0.0860. The number of ether oxygens (including phenoxy) is 1. The van der Waals surface area contributed by atoms with Crippen molar-refractivity contribution in [3.8, 4) is 0 Å². The summed E-state index contributed by atoms with van der Waals surface area (Å²) in [6, 6.07) is 7.52. The lowest BCUT2D eigenvalue weighted by Crippen LogP contribution is -2.28. The maximum absolute atomic E-state index is 12.1. The number of benzene rings is 1. The molecular weight excluding hydrogens is 338 g/mol. The van der Waals surface area contributed by atoms with Gasteiger partial charge in [0, 0.05) is 36.2 Å². The predicted molar refractivity (Wildman–Crippen MR) is 97.0 cm³/mol. The quantitative estimate of drug-likeness (QED) is 0.737. The smallest absolute Gasteiger partial charge is 0.321 e.